The number of ether oxygens (including phenoxy) is 5. The molecule has 6 aromatic carbocycles. The Bertz CT molecular complexity index is 4030. The van der Waals surface area contributed by atoms with E-state index in [9.17, 15) is 55.9 Å². The molecular weight excluding hydrogens is 1480 g/mol. The number of aromatic nitrogens is 2. The van der Waals surface area contributed by atoms with E-state index in [-0.39, 0.29) is 72.1 Å². The number of benzene rings is 6. The van der Waals surface area contributed by atoms with Crippen LogP contribution in [-0.4, -0.2) is 221 Å². The normalized spacial score (nSPS) is 14.9. The van der Waals surface area contributed by atoms with E-state index in [1.54, 1.807) is 42.5 Å². The van der Waals surface area contributed by atoms with E-state index in [1.807, 2.05) is 174 Å². The van der Waals surface area contributed by atoms with Crippen LogP contribution >= 0.6 is 0 Å². The number of para-hydroxylation sites is 2. The van der Waals surface area contributed by atoms with Crippen LogP contribution in [0.2, 0.25) is 0 Å². The Kier molecular flexibility index (Phi) is 45.1. The van der Waals surface area contributed by atoms with Crippen molar-refractivity contribution in [2.75, 3.05) is 72.3 Å². The van der Waals surface area contributed by atoms with Crippen LogP contribution in [-0.2, 0) is 25.9 Å². The molecule has 642 valence electrons. The van der Waals surface area contributed by atoms with Crippen LogP contribution in [0.3, 0.4) is 0 Å². The van der Waals surface area contributed by atoms with Crippen molar-refractivity contribution in [2.45, 2.75) is 206 Å². The van der Waals surface area contributed by atoms with Crippen molar-refractivity contribution in [3.63, 3.8) is 0 Å². The van der Waals surface area contributed by atoms with Gasteiger partial charge in [-0.2, -0.15) is 0 Å². The van der Waals surface area contributed by atoms with Crippen LogP contribution in [0.1, 0.15) is 153 Å². The molecule has 2 heterocycles. The summed E-state index contributed by atoms with van der Waals surface area (Å²) in [7, 11) is 0. The number of fused-ring (bicyclic) bond motifs is 2. The number of hydrogen-bond donors (Lipinski definition) is 20. The first-order chi connectivity index (χ1) is 54.9. The van der Waals surface area contributed by atoms with E-state index >= 15 is 0 Å². The lowest BCUT2D eigenvalue weighted by atomic mass is 9.87. The molecule has 1 aliphatic rings. The van der Waals surface area contributed by atoms with E-state index in [1.165, 1.54) is 23.8 Å². The quantitative estimate of drug-likeness (QED) is 0.0161. The number of primary amides is 1. The summed E-state index contributed by atoms with van der Waals surface area (Å²) in [5.74, 6) is 2.66. The molecule has 0 bridgehead atoms. The summed E-state index contributed by atoms with van der Waals surface area (Å²) >= 11 is 0. The second-order valence-corrected chi connectivity index (χ2v) is 31.3. The van der Waals surface area contributed by atoms with Crippen LogP contribution in [0.25, 0.3) is 10.9 Å². The number of aromatic hydroxyl groups is 3. The summed E-state index contributed by atoms with van der Waals surface area (Å²) in [6, 6.07) is 46.2. The average Bonchev–Trinajstić information content (AvgIpc) is 0.985. The largest absolute Gasteiger partial charge is 0.508 e. The molecule has 27 nitrogen and oxygen atoms in total. The number of amides is 1. The molecule has 2 aromatic heterocycles. The Morgan fingerprint density at radius 1 is 0.552 bits per heavy atom. The van der Waals surface area contributed by atoms with Crippen molar-refractivity contribution < 1.29 is 89.8 Å². The molecule has 9 rings (SSSR count). The summed E-state index contributed by atoms with van der Waals surface area (Å²) in [6.07, 6.45) is 1.10. The molecular formula is C89H133N9O18. The second-order valence-electron chi connectivity index (χ2n) is 31.3. The van der Waals surface area contributed by atoms with Crippen molar-refractivity contribution in [2.24, 2.45) is 5.73 Å². The number of aliphatic hydroxyl groups is 9. The molecule has 27 heteroatoms. The number of pyridine rings is 1. The Balaban J connectivity index is 0.000000295. The maximum absolute atomic E-state index is 11.2. The summed E-state index contributed by atoms with van der Waals surface area (Å²) < 4.78 is 27.8. The molecule has 8 aromatic rings. The van der Waals surface area contributed by atoms with Gasteiger partial charge in [0.2, 0.25) is 0 Å². The number of carbonyl (C=O) groups excluding carboxylic acids is 1. The topological polar surface area (TPSA) is 433 Å². The highest BCUT2D eigenvalue weighted by Crippen LogP contribution is 2.32. The first-order valence-electron chi connectivity index (χ1n) is 39.6. The highest BCUT2D eigenvalue weighted by molar-refractivity contribution is 5.95. The lowest BCUT2D eigenvalue weighted by Crippen LogP contribution is -2.42. The van der Waals surface area contributed by atoms with Gasteiger partial charge in [0.15, 0.2) is 11.5 Å². The van der Waals surface area contributed by atoms with Crippen molar-refractivity contribution >= 4 is 16.8 Å². The average molecular weight is 1620 g/mol. The molecule has 0 fully saturated rings. The van der Waals surface area contributed by atoms with Crippen LogP contribution in [0.5, 0.6) is 46.0 Å². The van der Waals surface area contributed by atoms with Gasteiger partial charge in [0.05, 0.1) is 36.2 Å². The smallest absolute Gasteiger partial charge is 0.252 e. The van der Waals surface area contributed by atoms with Crippen molar-refractivity contribution in [1.29, 1.82) is 0 Å². The fourth-order valence-corrected chi connectivity index (χ4v) is 10.8. The first kappa shape index (κ1) is 99.4. The number of phenols is 2. The Morgan fingerprint density at radius 3 is 1.63 bits per heavy atom. The lowest BCUT2D eigenvalue weighted by molar-refractivity contribution is 0.0132. The number of aliphatic hydroxyl groups excluding tert-OH is 9. The maximum atomic E-state index is 11.2. The lowest BCUT2D eigenvalue weighted by Gasteiger charge is -2.28. The molecule has 21 N–H and O–H groups in total. The van der Waals surface area contributed by atoms with Crippen molar-refractivity contribution in [3.05, 3.63) is 210 Å². The molecule has 1 aliphatic carbocycles. The number of rotatable bonds is 38. The van der Waals surface area contributed by atoms with Crippen molar-refractivity contribution in [3.8, 4) is 46.0 Å². The number of hydrogen-bond acceptors (Lipinski definition) is 25. The standard InChI is InChI=1S/C19H24N2O3.C17H27NO4.C15H23NO3.C14H20N2O2.C12H20N2O3.C12H19NO3/c1-13(7-8-14-5-3-2-4-6-14)21-12-18(23)15-9-10-17(22)16(11-15)19(20)24;1-17(2,3)18-9-12(19)10-22-16-6-4-5-11-7-14(20)15(21)8-13(11)16;1-4-9-18-14-7-5-6-8-15(14)19-11-13(17)10-16-12(2)3;1-10(2)16-8-11(17)9-18-14-5-3-4-13-12(14)6-7-15-13;1-12(2,3)13-6-11(17)8-4-5-10(16)9(7-15)14-8;1-9(2)13-7-11(15)8-16-12-5-3-10(14)4-6-12/h2-6,9-11,13,18,21-23H,7-8,12H2,1H3,(H2,20,24);4-6,12,14-15,18-21H,7-10H2,1-3H3;4-8,12-13,16-17H,1,9-11H2,2-3H3;3-7,10-11,15-17H,8-9H2,1-2H3;4-5,11,13,15-17H,6-7H2,1-3H3;3-6,9,11,13-15H,7-8H2,1-2H3/t;12?,14-,15+;;;;11-/m.1...0/s1. The number of nitrogens with zero attached hydrogens (tertiary/aromatic N) is 1. The molecule has 116 heavy (non-hydrogen) atoms. The molecule has 0 radical (unpaired) electrons. The zero-order valence-electron chi connectivity index (χ0n) is 69.9. The number of nitrogens with two attached hydrogens (primary N) is 1. The summed E-state index contributed by atoms with van der Waals surface area (Å²) in [6.45, 7) is 33.8. The number of aromatic amines is 1. The summed E-state index contributed by atoms with van der Waals surface area (Å²) in [4.78, 5) is 18.4. The van der Waals surface area contributed by atoms with Gasteiger partial charge in [-0.15, -0.1) is 0 Å². The SMILES string of the molecule is C=CCOc1ccccc1OCC(O)CNC(C)C.CC(C)(C)NCC(O)COc1cccc2c1C[C@H](O)[C@H](O)C2.CC(C)(C)NCC(O)c1ccc(O)c(CO)n1.CC(C)NCC(O)COc1cccc2[nH]ccc12.CC(C)NC[C@H](O)COc1ccc(O)cc1.CC(CCc1ccccc1)NCC(O)c1ccc(O)c(C(N)=O)c1. The van der Waals surface area contributed by atoms with E-state index in [0.717, 1.165) is 40.6 Å². The van der Waals surface area contributed by atoms with E-state index in [2.05, 4.69) is 67.5 Å². The molecule has 0 saturated heterocycles. The Morgan fingerprint density at radius 2 is 1.06 bits per heavy atom. The zero-order chi connectivity index (χ0) is 85.9. The zero-order valence-corrected chi connectivity index (χ0v) is 69.9. The number of phenolic OH excluding ortho intramolecular Hbond substituents is 1. The first-order valence-corrected chi connectivity index (χ1v) is 39.6. The molecule has 0 aliphatic heterocycles. The predicted molar refractivity (Wildman–Crippen MR) is 456 cm³/mol. The van der Waals surface area contributed by atoms with Gasteiger partial charge in [0.25, 0.3) is 5.91 Å². The third-order valence-electron chi connectivity index (χ3n) is 17.3. The minimum atomic E-state index is -0.775. The van der Waals surface area contributed by atoms with E-state index in [4.69, 9.17) is 39.6 Å². The van der Waals surface area contributed by atoms with E-state index < -0.39 is 54.7 Å². The summed E-state index contributed by atoms with van der Waals surface area (Å²) in [5, 5.41) is 136. The molecule has 6 unspecified atom stereocenters. The molecule has 9 atom stereocenters. The van der Waals surface area contributed by atoms with Gasteiger partial charge in [-0.05, 0) is 163 Å². The van der Waals surface area contributed by atoms with Crippen LogP contribution in [0.15, 0.2) is 171 Å². The van der Waals surface area contributed by atoms with Gasteiger partial charge in [0.1, 0.15) is 104 Å². The van der Waals surface area contributed by atoms with Gasteiger partial charge in [-0.25, -0.2) is 4.98 Å². The fourth-order valence-electron chi connectivity index (χ4n) is 10.8. The van der Waals surface area contributed by atoms with Crippen LogP contribution in [0.4, 0.5) is 0 Å². The van der Waals surface area contributed by atoms with Gasteiger partial charge < -0.3 is 128 Å². The van der Waals surface area contributed by atoms with E-state index in [0.29, 0.717) is 118 Å². The molecule has 1 amide bonds. The Labute approximate surface area is 685 Å². The van der Waals surface area contributed by atoms with Crippen LogP contribution < -0.4 is 61.3 Å². The third kappa shape index (κ3) is 40.7. The van der Waals surface area contributed by atoms with Crippen LogP contribution in [0, 0.1) is 0 Å². The summed E-state index contributed by atoms with van der Waals surface area (Å²) in [5.41, 5.74) is 10.5. The Hall–Kier alpha value is -8.98. The second kappa shape index (κ2) is 52.7. The van der Waals surface area contributed by atoms with Gasteiger partial charge in [0, 0.05) is 110 Å². The predicted octanol–water partition coefficient (Wildman–Crippen LogP) is 8.50. The fraction of sp³-hybridized carbons (Fsp3) is 0.483. The number of β-amino-alcohol motifs (C(OH)–C–C–N with tert-alkyl or cyclic N) is 2. The van der Waals surface area contributed by atoms with Gasteiger partial charge >= 0.3 is 0 Å². The van der Waals surface area contributed by atoms with Gasteiger partial charge in [-0.1, -0.05) is 121 Å². The van der Waals surface area contributed by atoms with Gasteiger partial charge in [-0.3, -0.25) is 4.79 Å². The minimum absolute atomic E-state index is 0.0173. The highest BCUT2D eigenvalue weighted by atomic mass is 16.5. The minimum Gasteiger partial charge on any atom is -0.508 e. The number of H-pyrrole nitrogens is 1. The number of aryl methyl sites for hydroxylation is 1. The van der Waals surface area contributed by atoms with Crippen molar-refractivity contribution in [1.82, 2.24) is 41.9 Å². The number of nitrogens with one attached hydrogen (secondary N) is 7. The monoisotopic (exact) mass is 1620 g/mol. The third-order valence-corrected chi connectivity index (χ3v) is 17.3. The maximum Gasteiger partial charge on any atom is 0.252 e. The number of carbonyl (C=O) groups is 1. The highest BCUT2D eigenvalue weighted by Gasteiger charge is 2.28. The molecule has 0 spiro atoms. The molecule has 0 saturated carbocycles.